The summed E-state index contributed by atoms with van der Waals surface area (Å²) in [5.74, 6) is -1.71. The van der Waals surface area contributed by atoms with Gasteiger partial charge in [-0.05, 0) is 31.0 Å². The van der Waals surface area contributed by atoms with Gasteiger partial charge in [-0.15, -0.1) is 0 Å². The summed E-state index contributed by atoms with van der Waals surface area (Å²) in [6.45, 7) is 2.03. The average Bonchev–Trinajstić information content (AvgIpc) is 2.84. The Morgan fingerprint density at radius 3 is 2.75 bits per heavy atom. The summed E-state index contributed by atoms with van der Waals surface area (Å²) in [5.41, 5.74) is 1.51. The van der Waals surface area contributed by atoms with Crippen LogP contribution in [0.5, 0.6) is 0 Å². The number of aryl methyl sites for hydroxylation is 1. The fraction of sp³-hybridized carbons (Fsp3) is 0.176. The van der Waals surface area contributed by atoms with E-state index in [1.165, 1.54) is 24.3 Å². The minimum Gasteiger partial charge on any atom is -0.356 e. The van der Waals surface area contributed by atoms with Crippen molar-refractivity contribution in [2.45, 2.75) is 13.3 Å². The number of aromatic amines is 2. The quantitative estimate of drug-likeness (QED) is 0.686. The first-order valence-corrected chi connectivity index (χ1v) is 7.39. The molecule has 0 saturated carbocycles. The van der Waals surface area contributed by atoms with Gasteiger partial charge in [-0.2, -0.15) is 0 Å². The Hall–Kier alpha value is -2.96. The largest absolute Gasteiger partial charge is 0.356 e. The van der Waals surface area contributed by atoms with E-state index in [4.69, 9.17) is 0 Å². The summed E-state index contributed by atoms with van der Waals surface area (Å²) in [6.07, 6.45) is 0.400. The van der Waals surface area contributed by atoms with Crippen LogP contribution in [0.3, 0.4) is 0 Å². The molecule has 7 heteroatoms. The van der Waals surface area contributed by atoms with Crippen molar-refractivity contribution in [1.82, 2.24) is 15.3 Å². The van der Waals surface area contributed by atoms with E-state index in [0.29, 0.717) is 11.8 Å². The summed E-state index contributed by atoms with van der Waals surface area (Å²) in [6, 6.07) is 6.40. The van der Waals surface area contributed by atoms with Crippen LogP contribution in [0.4, 0.5) is 8.78 Å². The highest BCUT2D eigenvalue weighted by Gasteiger charge is 2.14. The molecule has 0 fully saturated rings. The number of halogens is 2. The molecule has 0 aliphatic carbocycles. The van der Waals surface area contributed by atoms with Crippen LogP contribution in [0.1, 0.15) is 21.7 Å². The topological polar surface area (TPSA) is 77.8 Å². The van der Waals surface area contributed by atoms with E-state index >= 15 is 0 Å². The van der Waals surface area contributed by atoms with Crippen molar-refractivity contribution in [3.05, 3.63) is 69.3 Å². The van der Waals surface area contributed by atoms with Gasteiger partial charge in [0, 0.05) is 29.8 Å². The zero-order valence-electron chi connectivity index (χ0n) is 12.9. The monoisotopic (exact) mass is 331 g/mol. The molecule has 0 spiro atoms. The summed E-state index contributed by atoms with van der Waals surface area (Å²) >= 11 is 0. The Morgan fingerprint density at radius 1 is 1.21 bits per heavy atom. The van der Waals surface area contributed by atoms with E-state index in [1.54, 1.807) is 6.92 Å². The lowest BCUT2D eigenvalue weighted by Crippen LogP contribution is -2.28. The number of carbonyl (C=O) groups is 1. The van der Waals surface area contributed by atoms with Crippen molar-refractivity contribution >= 4 is 16.8 Å². The van der Waals surface area contributed by atoms with Crippen molar-refractivity contribution in [2.75, 3.05) is 6.54 Å². The summed E-state index contributed by atoms with van der Waals surface area (Å²) in [5, 5.41) is 3.14. The van der Waals surface area contributed by atoms with Gasteiger partial charge < -0.3 is 15.3 Å². The van der Waals surface area contributed by atoms with E-state index in [9.17, 15) is 18.4 Å². The van der Waals surface area contributed by atoms with Crippen LogP contribution in [-0.4, -0.2) is 22.4 Å². The molecule has 3 rings (SSSR count). The molecular formula is C17H15F2N3O2. The van der Waals surface area contributed by atoms with Crippen LogP contribution >= 0.6 is 0 Å². The summed E-state index contributed by atoms with van der Waals surface area (Å²) in [4.78, 5) is 28.5. The minimum absolute atomic E-state index is 0.162. The van der Waals surface area contributed by atoms with Gasteiger partial charge in [-0.3, -0.25) is 9.59 Å². The number of nitrogens with one attached hydrogen (secondary N) is 3. The lowest BCUT2D eigenvalue weighted by molar-refractivity contribution is 0.0949. The molecule has 3 aromatic rings. The number of rotatable bonds is 4. The average molecular weight is 331 g/mol. The van der Waals surface area contributed by atoms with Crippen molar-refractivity contribution in [2.24, 2.45) is 0 Å². The van der Waals surface area contributed by atoms with Gasteiger partial charge in [0.15, 0.2) is 0 Å². The molecule has 2 aromatic heterocycles. The zero-order valence-corrected chi connectivity index (χ0v) is 12.9. The molecule has 0 aliphatic rings. The molecule has 5 nitrogen and oxygen atoms in total. The van der Waals surface area contributed by atoms with Crippen molar-refractivity contribution < 1.29 is 13.6 Å². The molecule has 1 amide bonds. The molecule has 2 heterocycles. The Labute approximate surface area is 135 Å². The molecule has 0 saturated heterocycles. The number of benzene rings is 1. The highest BCUT2D eigenvalue weighted by molar-refractivity contribution is 5.92. The third-order valence-corrected chi connectivity index (χ3v) is 3.82. The van der Waals surface area contributed by atoms with Crippen molar-refractivity contribution in [3.8, 4) is 0 Å². The molecule has 0 atom stereocenters. The normalized spacial score (nSPS) is 11.0. The number of amides is 1. The summed E-state index contributed by atoms with van der Waals surface area (Å²) in [7, 11) is 0. The molecule has 0 unspecified atom stereocenters. The van der Waals surface area contributed by atoms with Gasteiger partial charge in [0.2, 0.25) is 5.56 Å². The maximum Gasteiger partial charge on any atom is 0.267 e. The number of carbonyl (C=O) groups excluding carboxylic acids is 1. The molecule has 0 radical (unpaired) electrons. The van der Waals surface area contributed by atoms with Gasteiger partial charge in [-0.25, -0.2) is 8.78 Å². The van der Waals surface area contributed by atoms with Crippen LogP contribution in [0.2, 0.25) is 0 Å². The van der Waals surface area contributed by atoms with Crippen LogP contribution in [0.25, 0.3) is 10.9 Å². The van der Waals surface area contributed by atoms with E-state index in [2.05, 4.69) is 15.3 Å². The molecule has 1 aromatic carbocycles. The number of hydrogen-bond donors (Lipinski definition) is 3. The fourth-order valence-electron chi connectivity index (χ4n) is 2.70. The van der Waals surface area contributed by atoms with Crippen molar-refractivity contribution in [1.29, 1.82) is 0 Å². The second kappa shape index (κ2) is 6.27. The van der Waals surface area contributed by atoms with Gasteiger partial charge in [0.05, 0.1) is 5.52 Å². The van der Waals surface area contributed by atoms with Crippen LogP contribution in [-0.2, 0) is 6.42 Å². The fourth-order valence-corrected chi connectivity index (χ4v) is 2.70. The van der Waals surface area contributed by atoms with Gasteiger partial charge >= 0.3 is 0 Å². The van der Waals surface area contributed by atoms with Crippen molar-refractivity contribution in [3.63, 3.8) is 0 Å². The first kappa shape index (κ1) is 15.9. The van der Waals surface area contributed by atoms with Gasteiger partial charge in [0.1, 0.15) is 17.3 Å². The molecule has 24 heavy (non-hydrogen) atoms. The minimum atomic E-state index is -0.648. The Balaban J connectivity index is 1.75. The lowest BCUT2D eigenvalue weighted by Gasteiger charge is -2.06. The number of H-pyrrole nitrogens is 2. The Kier molecular flexibility index (Phi) is 4.16. The molecule has 0 aliphatic heterocycles. The van der Waals surface area contributed by atoms with E-state index in [1.807, 2.05) is 0 Å². The predicted octanol–water partition coefficient (Wildman–Crippen LogP) is 2.42. The molecule has 3 N–H and O–H groups in total. The second-order valence-corrected chi connectivity index (χ2v) is 5.47. The zero-order chi connectivity index (χ0) is 17.3. The molecule has 0 bridgehead atoms. The number of fused-ring (bicyclic) bond motifs is 1. The maximum absolute atomic E-state index is 13.8. The van der Waals surface area contributed by atoms with Gasteiger partial charge in [0.25, 0.3) is 5.91 Å². The standard InChI is InChI=1S/C17H15F2N3O2/c1-9-11(12-7-10(18)8-13(19)16(12)21-9)5-6-20-17(24)14-3-2-4-15(23)22-14/h2-4,7-8,21H,5-6H2,1H3,(H,20,24)(H,22,23). The third-order valence-electron chi connectivity index (χ3n) is 3.82. The predicted molar refractivity (Wildman–Crippen MR) is 86.1 cm³/mol. The highest BCUT2D eigenvalue weighted by atomic mass is 19.1. The third kappa shape index (κ3) is 3.05. The first-order chi connectivity index (χ1) is 11.5. The van der Waals surface area contributed by atoms with Crippen LogP contribution in [0.15, 0.2) is 35.1 Å². The maximum atomic E-state index is 13.8. The first-order valence-electron chi connectivity index (χ1n) is 7.39. The number of aromatic nitrogens is 2. The SMILES string of the molecule is Cc1[nH]c2c(F)cc(F)cc2c1CCNC(=O)c1cccc(=O)[nH]1. The molecular weight excluding hydrogens is 316 g/mol. The lowest BCUT2D eigenvalue weighted by atomic mass is 10.1. The summed E-state index contributed by atoms with van der Waals surface area (Å²) < 4.78 is 27.2. The Bertz CT molecular complexity index is 976. The van der Waals surface area contributed by atoms with E-state index in [0.717, 1.165) is 17.3 Å². The van der Waals surface area contributed by atoms with E-state index < -0.39 is 17.5 Å². The second-order valence-electron chi connectivity index (χ2n) is 5.47. The van der Waals surface area contributed by atoms with E-state index in [-0.39, 0.29) is 23.3 Å². The molecule has 124 valence electrons. The Morgan fingerprint density at radius 2 is 2.00 bits per heavy atom. The van der Waals surface area contributed by atoms with Crippen LogP contribution < -0.4 is 10.9 Å². The number of pyridine rings is 1. The number of hydrogen-bond acceptors (Lipinski definition) is 2. The smallest absolute Gasteiger partial charge is 0.267 e. The highest BCUT2D eigenvalue weighted by Crippen LogP contribution is 2.25. The van der Waals surface area contributed by atoms with Gasteiger partial charge in [-0.1, -0.05) is 6.07 Å². The van der Waals surface area contributed by atoms with Crippen LogP contribution in [0, 0.1) is 18.6 Å².